The van der Waals surface area contributed by atoms with Crippen LogP contribution < -0.4 is 15.4 Å². The molecule has 0 saturated heterocycles. The standard InChI is InChI=1S/C20H22N2O5/c1-2-11-26-20(25)15-7-6-8-16(12-15)22-18(23)13-21-19(24)14-27-17-9-4-3-5-10-17/h3-10,12H,2,11,13-14H2,1H3,(H,21,24)(H,22,23). The Kier molecular flexibility index (Phi) is 7.84. The molecule has 0 radical (unpaired) electrons. The maximum absolute atomic E-state index is 12.0. The maximum atomic E-state index is 12.0. The average molecular weight is 370 g/mol. The van der Waals surface area contributed by atoms with E-state index in [0.717, 1.165) is 6.42 Å². The summed E-state index contributed by atoms with van der Waals surface area (Å²) in [7, 11) is 0. The number of carbonyl (C=O) groups is 3. The van der Waals surface area contributed by atoms with Crippen molar-refractivity contribution in [1.82, 2.24) is 5.32 Å². The summed E-state index contributed by atoms with van der Waals surface area (Å²) in [5.74, 6) is -0.698. The molecule has 0 aliphatic heterocycles. The zero-order valence-corrected chi connectivity index (χ0v) is 15.1. The first-order valence-electron chi connectivity index (χ1n) is 8.60. The Hall–Kier alpha value is -3.35. The lowest BCUT2D eigenvalue weighted by atomic mass is 10.2. The number of benzene rings is 2. The summed E-state index contributed by atoms with van der Waals surface area (Å²) in [5.41, 5.74) is 0.794. The van der Waals surface area contributed by atoms with Crippen molar-refractivity contribution in [2.24, 2.45) is 0 Å². The van der Waals surface area contributed by atoms with E-state index in [1.165, 1.54) is 6.07 Å². The second-order valence-corrected chi connectivity index (χ2v) is 5.64. The third-order valence-corrected chi connectivity index (χ3v) is 3.38. The normalized spacial score (nSPS) is 9.96. The fraction of sp³-hybridized carbons (Fsp3) is 0.250. The van der Waals surface area contributed by atoms with E-state index in [1.54, 1.807) is 42.5 Å². The molecule has 0 aromatic heterocycles. The number of hydrogen-bond acceptors (Lipinski definition) is 5. The minimum atomic E-state index is -0.445. The molecule has 0 atom stereocenters. The molecule has 2 aromatic carbocycles. The van der Waals surface area contributed by atoms with Crippen LogP contribution in [0.2, 0.25) is 0 Å². The number of hydrogen-bond donors (Lipinski definition) is 2. The van der Waals surface area contributed by atoms with Crippen LogP contribution >= 0.6 is 0 Å². The summed E-state index contributed by atoms with van der Waals surface area (Å²) in [6.07, 6.45) is 0.732. The molecule has 0 spiro atoms. The van der Waals surface area contributed by atoms with Crippen LogP contribution in [0.15, 0.2) is 54.6 Å². The van der Waals surface area contributed by atoms with Gasteiger partial charge in [0.05, 0.1) is 18.7 Å². The lowest BCUT2D eigenvalue weighted by molar-refractivity contribution is -0.125. The van der Waals surface area contributed by atoms with Gasteiger partial charge in [-0.3, -0.25) is 9.59 Å². The summed E-state index contributed by atoms with van der Waals surface area (Å²) >= 11 is 0. The smallest absolute Gasteiger partial charge is 0.338 e. The van der Waals surface area contributed by atoms with Crippen molar-refractivity contribution in [2.45, 2.75) is 13.3 Å². The van der Waals surface area contributed by atoms with Gasteiger partial charge in [0.1, 0.15) is 5.75 Å². The van der Waals surface area contributed by atoms with Gasteiger partial charge in [0.25, 0.3) is 5.91 Å². The van der Waals surface area contributed by atoms with E-state index in [2.05, 4.69) is 10.6 Å². The lowest BCUT2D eigenvalue weighted by Gasteiger charge is -2.09. The van der Waals surface area contributed by atoms with E-state index in [-0.39, 0.29) is 13.2 Å². The van der Waals surface area contributed by atoms with Gasteiger partial charge >= 0.3 is 5.97 Å². The van der Waals surface area contributed by atoms with E-state index >= 15 is 0 Å². The summed E-state index contributed by atoms with van der Waals surface area (Å²) < 4.78 is 10.4. The monoisotopic (exact) mass is 370 g/mol. The van der Waals surface area contributed by atoms with Crippen molar-refractivity contribution in [3.8, 4) is 5.75 Å². The van der Waals surface area contributed by atoms with Crippen LogP contribution in [0.25, 0.3) is 0 Å². The Balaban J connectivity index is 1.76. The van der Waals surface area contributed by atoms with E-state index < -0.39 is 17.8 Å². The van der Waals surface area contributed by atoms with Crippen LogP contribution in [0.4, 0.5) is 5.69 Å². The van der Waals surface area contributed by atoms with E-state index in [1.807, 2.05) is 13.0 Å². The number of esters is 1. The molecule has 2 rings (SSSR count). The van der Waals surface area contributed by atoms with Crippen LogP contribution in [0, 0.1) is 0 Å². The molecule has 7 heteroatoms. The van der Waals surface area contributed by atoms with Gasteiger partial charge in [-0.2, -0.15) is 0 Å². The number of para-hydroxylation sites is 1. The fourth-order valence-electron chi connectivity index (χ4n) is 2.10. The van der Waals surface area contributed by atoms with Crippen molar-refractivity contribution in [3.63, 3.8) is 0 Å². The molecule has 0 heterocycles. The first-order chi connectivity index (χ1) is 13.1. The van der Waals surface area contributed by atoms with Crippen molar-refractivity contribution < 1.29 is 23.9 Å². The first-order valence-corrected chi connectivity index (χ1v) is 8.60. The molecule has 7 nitrogen and oxygen atoms in total. The van der Waals surface area contributed by atoms with Crippen molar-refractivity contribution in [3.05, 3.63) is 60.2 Å². The summed E-state index contributed by atoms with van der Waals surface area (Å²) in [6.45, 7) is 1.85. The Bertz CT molecular complexity index is 777. The number of carbonyl (C=O) groups excluding carboxylic acids is 3. The molecule has 0 aliphatic carbocycles. The van der Waals surface area contributed by atoms with E-state index in [4.69, 9.17) is 9.47 Å². The van der Waals surface area contributed by atoms with E-state index in [9.17, 15) is 14.4 Å². The number of ether oxygens (including phenoxy) is 2. The molecular formula is C20H22N2O5. The summed E-state index contributed by atoms with van der Waals surface area (Å²) in [6, 6.07) is 15.3. The predicted molar refractivity (Wildman–Crippen MR) is 101 cm³/mol. The molecule has 142 valence electrons. The van der Waals surface area contributed by atoms with Gasteiger partial charge in [0, 0.05) is 5.69 Å². The highest BCUT2D eigenvalue weighted by atomic mass is 16.5. The fourth-order valence-corrected chi connectivity index (χ4v) is 2.10. The Labute approximate surface area is 157 Å². The summed E-state index contributed by atoms with van der Waals surface area (Å²) in [4.78, 5) is 35.5. The molecule has 2 aromatic rings. The third-order valence-electron chi connectivity index (χ3n) is 3.38. The number of rotatable bonds is 9. The quantitative estimate of drug-likeness (QED) is 0.661. The Morgan fingerprint density at radius 3 is 2.48 bits per heavy atom. The highest BCUT2D eigenvalue weighted by Crippen LogP contribution is 2.12. The van der Waals surface area contributed by atoms with Gasteiger partial charge in [-0.1, -0.05) is 31.2 Å². The van der Waals surface area contributed by atoms with Gasteiger partial charge < -0.3 is 20.1 Å². The van der Waals surface area contributed by atoms with Gasteiger partial charge in [-0.05, 0) is 36.8 Å². The second kappa shape index (κ2) is 10.6. The van der Waals surface area contributed by atoms with Gasteiger partial charge in [-0.25, -0.2) is 4.79 Å². The minimum Gasteiger partial charge on any atom is -0.484 e. The van der Waals surface area contributed by atoms with Crippen LogP contribution in [0.3, 0.4) is 0 Å². The zero-order valence-electron chi connectivity index (χ0n) is 15.1. The van der Waals surface area contributed by atoms with Crippen LogP contribution in [-0.4, -0.2) is 37.5 Å². The first kappa shape index (κ1) is 20.0. The van der Waals surface area contributed by atoms with E-state index in [0.29, 0.717) is 23.6 Å². The van der Waals surface area contributed by atoms with Crippen molar-refractivity contribution in [1.29, 1.82) is 0 Å². The number of amides is 2. The van der Waals surface area contributed by atoms with Crippen molar-refractivity contribution >= 4 is 23.5 Å². The average Bonchev–Trinajstić information content (AvgIpc) is 2.70. The highest BCUT2D eigenvalue weighted by molar-refractivity contribution is 5.96. The van der Waals surface area contributed by atoms with Crippen LogP contribution in [-0.2, 0) is 14.3 Å². The molecular weight excluding hydrogens is 348 g/mol. The topological polar surface area (TPSA) is 93.7 Å². The summed E-state index contributed by atoms with van der Waals surface area (Å²) in [5, 5.41) is 5.09. The van der Waals surface area contributed by atoms with Gasteiger partial charge in [0.15, 0.2) is 6.61 Å². The highest BCUT2D eigenvalue weighted by Gasteiger charge is 2.10. The van der Waals surface area contributed by atoms with Crippen LogP contribution in [0.1, 0.15) is 23.7 Å². The zero-order chi connectivity index (χ0) is 19.5. The maximum Gasteiger partial charge on any atom is 0.338 e. The number of anilines is 1. The Morgan fingerprint density at radius 2 is 1.74 bits per heavy atom. The molecule has 27 heavy (non-hydrogen) atoms. The molecule has 0 unspecified atom stereocenters. The SMILES string of the molecule is CCCOC(=O)c1cccc(NC(=O)CNC(=O)COc2ccccc2)c1. The predicted octanol–water partition coefficient (Wildman–Crippen LogP) is 2.39. The second-order valence-electron chi connectivity index (χ2n) is 5.64. The molecule has 0 fully saturated rings. The molecule has 0 aliphatic rings. The Morgan fingerprint density at radius 1 is 0.963 bits per heavy atom. The van der Waals surface area contributed by atoms with Crippen molar-refractivity contribution in [2.75, 3.05) is 25.1 Å². The molecule has 2 N–H and O–H groups in total. The number of nitrogens with one attached hydrogen (secondary N) is 2. The largest absolute Gasteiger partial charge is 0.484 e. The van der Waals surface area contributed by atoms with Gasteiger partial charge in [0.2, 0.25) is 5.91 Å². The molecule has 2 amide bonds. The third kappa shape index (κ3) is 7.19. The molecule has 0 bridgehead atoms. The molecule has 0 saturated carbocycles. The minimum absolute atomic E-state index is 0.184. The lowest BCUT2D eigenvalue weighted by Crippen LogP contribution is -2.35. The van der Waals surface area contributed by atoms with Crippen LogP contribution in [0.5, 0.6) is 5.75 Å². The van der Waals surface area contributed by atoms with Gasteiger partial charge in [-0.15, -0.1) is 0 Å².